The van der Waals surface area contributed by atoms with Gasteiger partial charge in [0.2, 0.25) is 5.91 Å². The average molecular weight is 319 g/mol. The number of thioether (sulfide) groups is 1. The van der Waals surface area contributed by atoms with Crippen molar-refractivity contribution >= 4 is 17.7 Å². The predicted molar refractivity (Wildman–Crippen MR) is 74.1 cm³/mol. The lowest BCUT2D eigenvalue weighted by Crippen LogP contribution is -2.48. The number of aliphatic hydroxyl groups is 1. The van der Waals surface area contributed by atoms with E-state index in [2.05, 4.69) is 0 Å². The first-order valence-electron chi connectivity index (χ1n) is 6.48. The van der Waals surface area contributed by atoms with Gasteiger partial charge in [-0.3, -0.25) is 4.79 Å². The molecule has 0 bridgehead atoms. The summed E-state index contributed by atoms with van der Waals surface area (Å²) in [6.45, 7) is 1.20. The van der Waals surface area contributed by atoms with Crippen molar-refractivity contribution in [1.29, 1.82) is 0 Å². The van der Waals surface area contributed by atoms with Gasteiger partial charge in [-0.1, -0.05) is 17.7 Å². The maximum atomic E-state index is 12.7. The molecular formula is C14H16F3NO2S. The van der Waals surface area contributed by atoms with Crippen molar-refractivity contribution in [2.24, 2.45) is 0 Å². The average Bonchev–Trinajstić information content (AvgIpc) is 2.81. The van der Waals surface area contributed by atoms with Crippen LogP contribution >= 0.6 is 11.8 Å². The molecule has 1 amide bonds. The SMILES string of the molecule is Cc1ccc(SCC(=O)N2CCC(O)(C(F)(F)F)C2)cc1. The number of halogens is 3. The number of hydrogen-bond acceptors (Lipinski definition) is 3. The highest BCUT2D eigenvalue weighted by molar-refractivity contribution is 8.00. The summed E-state index contributed by atoms with van der Waals surface area (Å²) in [5.74, 6) is -0.322. The standard InChI is InChI=1S/C14H16F3NO2S/c1-10-2-4-11(5-3-10)21-8-12(19)18-7-6-13(20,9-18)14(15,16)17/h2-5,20H,6-9H2,1H3. The van der Waals surface area contributed by atoms with Gasteiger partial charge in [0.1, 0.15) is 0 Å². The number of carbonyl (C=O) groups excluding carboxylic acids is 1. The van der Waals surface area contributed by atoms with Crippen molar-refractivity contribution < 1.29 is 23.1 Å². The molecule has 1 unspecified atom stereocenters. The Bertz CT molecular complexity index is 518. The number of alkyl halides is 3. The van der Waals surface area contributed by atoms with Gasteiger partial charge in [0, 0.05) is 17.9 Å². The maximum Gasteiger partial charge on any atom is 0.419 e. The molecule has 1 saturated heterocycles. The first-order chi connectivity index (χ1) is 9.71. The summed E-state index contributed by atoms with van der Waals surface area (Å²) in [5, 5.41) is 9.54. The Morgan fingerprint density at radius 1 is 1.38 bits per heavy atom. The first-order valence-corrected chi connectivity index (χ1v) is 7.46. The van der Waals surface area contributed by atoms with E-state index in [0.29, 0.717) is 0 Å². The van der Waals surface area contributed by atoms with Crippen LogP contribution in [0.4, 0.5) is 13.2 Å². The van der Waals surface area contributed by atoms with E-state index in [0.717, 1.165) is 15.4 Å². The molecule has 0 radical (unpaired) electrons. The van der Waals surface area contributed by atoms with Gasteiger partial charge in [-0.2, -0.15) is 13.2 Å². The van der Waals surface area contributed by atoms with Crippen LogP contribution in [0.1, 0.15) is 12.0 Å². The molecule has 1 atom stereocenters. The van der Waals surface area contributed by atoms with E-state index in [-0.39, 0.29) is 18.2 Å². The van der Waals surface area contributed by atoms with Gasteiger partial charge in [0.15, 0.2) is 5.60 Å². The fourth-order valence-electron chi connectivity index (χ4n) is 2.11. The second-order valence-electron chi connectivity index (χ2n) is 5.20. The number of carbonyl (C=O) groups is 1. The highest BCUT2D eigenvalue weighted by Crippen LogP contribution is 2.37. The minimum atomic E-state index is -4.70. The normalized spacial score (nSPS) is 22.6. The summed E-state index contributed by atoms with van der Waals surface area (Å²) < 4.78 is 38.0. The van der Waals surface area contributed by atoms with Crippen molar-refractivity contribution in [2.45, 2.75) is 30.0 Å². The lowest BCUT2D eigenvalue weighted by atomic mass is 10.0. The van der Waals surface area contributed by atoms with Gasteiger partial charge in [0.25, 0.3) is 0 Å². The fourth-order valence-corrected chi connectivity index (χ4v) is 2.91. The number of rotatable bonds is 3. The fraction of sp³-hybridized carbons (Fsp3) is 0.500. The van der Waals surface area contributed by atoms with E-state index in [1.54, 1.807) is 0 Å². The second-order valence-corrected chi connectivity index (χ2v) is 6.25. The molecule has 7 heteroatoms. The molecule has 1 aromatic carbocycles. The molecule has 1 aliphatic rings. The van der Waals surface area contributed by atoms with Crippen molar-refractivity contribution in [2.75, 3.05) is 18.8 Å². The zero-order chi connectivity index (χ0) is 15.7. The molecular weight excluding hydrogens is 303 g/mol. The number of benzene rings is 1. The molecule has 1 aliphatic heterocycles. The van der Waals surface area contributed by atoms with Gasteiger partial charge in [-0.05, 0) is 19.1 Å². The Balaban J connectivity index is 1.89. The third kappa shape index (κ3) is 3.71. The Kier molecular flexibility index (Phi) is 4.53. The molecule has 1 N–H and O–H groups in total. The van der Waals surface area contributed by atoms with Crippen LogP contribution < -0.4 is 0 Å². The minimum Gasteiger partial charge on any atom is -0.379 e. The number of β-amino-alcohol motifs (C(OH)–C–C–N with tert-alkyl or cyclic N) is 1. The Morgan fingerprint density at radius 3 is 2.52 bits per heavy atom. The molecule has 116 valence electrons. The van der Waals surface area contributed by atoms with Crippen LogP contribution in [-0.2, 0) is 4.79 Å². The van der Waals surface area contributed by atoms with Crippen LogP contribution in [0, 0.1) is 6.92 Å². The van der Waals surface area contributed by atoms with Gasteiger partial charge in [0.05, 0.1) is 12.3 Å². The second kappa shape index (κ2) is 5.88. The summed E-state index contributed by atoms with van der Waals surface area (Å²) in [5.41, 5.74) is -1.67. The van der Waals surface area contributed by atoms with Crippen LogP contribution in [0.2, 0.25) is 0 Å². The van der Waals surface area contributed by atoms with E-state index in [4.69, 9.17) is 0 Å². The minimum absolute atomic E-state index is 0.0662. The van der Waals surface area contributed by atoms with Gasteiger partial charge < -0.3 is 10.0 Å². The van der Waals surface area contributed by atoms with Crippen molar-refractivity contribution in [3.05, 3.63) is 29.8 Å². The van der Waals surface area contributed by atoms with Crippen molar-refractivity contribution in [1.82, 2.24) is 4.90 Å². The number of likely N-dealkylation sites (tertiary alicyclic amines) is 1. The molecule has 1 heterocycles. The lowest BCUT2D eigenvalue weighted by molar-refractivity contribution is -0.253. The number of nitrogens with zero attached hydrogens (tertiary/aromatic N) is 1. The van der Waals surface area contributed by atoms with Crippen LogP contribution in [-0.4, -0.2) is 46.5 Å². The third-order valence-electron chi connectivity index (χ3n) is 3.51. The monoisotopic (exact) mass is 319 g/mol. The number of hydrogen-bond donors (Lipinski definition) is 1. The van der Waals surface area contributed by atoms with Crippen LogP contribution in [0.25, 0.3) is 0 Å². The number of amides is 1. The molecule has 0 aromatic heterocycles. The van der Waals surface area contributed by atoms with E-state index >= 15 is 0 Å². The zero-order valence-corrected chi connectivity index (χ0v) is 12.3. The Morgan fingerprint density at radius 2 is 2.00 bits per heavy atom. The largest absolute Gasteiger partial charge is 0.419 e. The highest BCUT2D eigenvalue weighted by Gasteiger charge is 2.57. The Labute approximate surface area is 125 Å². The summed E-state index contributed by atoms with van der Waals surface area (Å²) in [4.78, 5) is 13.9. The van der Waals surface area contributed by atoms with E-state index in [9.17, 15) is 23.1 Å². The highest BCUT2D eigenvalue weighted by atomic mass is 32.2. The molecule has 0 saturated carbocycles. The quantitative estimate of drug-likeness (QED) is 0.871. The van der Waals surface area contributed by atoms with Gasteiger partial charge in [-0.15, -0.1) is 11.8 Å². The zero-order valence-electron chi connectivity index (χ0n) is 11.5. The summed E-state index contributed by atoms with van der Waals surface area (Å²) in [6.07, 6.45) is -5.16. The van der Waals surface area contributed by atoms with Crippen molar-refractivity contribution in [3.63, 3.8) is 0 Å². The molecule has 1 fully saturated rings. The summed E-state index contributed by atoms with van der Waals surface area (Å²) in [6, 6.07) is 7.54. The Hall–Kier alpha value is -1.21. The molecule has 2 rings (SSSR count). The van der Waals surface area contributed by atoms with Crippen molar-refractivity contribution in [3.8, 4) is 0 Å². The van der Waals surface area contributed by atoms with E-state index in [1.165, 1.54) is 11.8 Å². The summed E-state index contributed by atoms with van der Waals surface area (Å²) in [7, 11) is 0. The molecule has 3 nitrogen and oxygen atoms in total. The molecule has 0 spiro atoms. The smallest absolute Gasteiger partial charge is 0.379 e. The maximum absolute atomic E-state index is 12.7. The topological polar surface area (TPSA) is 40.5 Å². The van der Waals surface area contributed by atoms with Gasteiger partial charge >= 0.3 is 6.18 Å². The molecule has 1 aromatic rings. The lowest BCUT2D eigenvalue weighted by Gasteiger charge is -2.25. The van der Waals surface area contributed by atoms with Crippen LogP contribution in [0.15, 0.2) is 29.2 Å². The van der Waals surface area contributed by atoms with Crippen LogP contribution in [0.5, 0.6) is 0 Å². The molecule has 0 aliphatic carbocycles. The number of aryl methyl sites for hydroxylation is 1. The predicted octanol–water partition coefficient (Wildman–Crippen LogP) is 2.61. The van der Waals surface area contributed by atoms with Gasteiger partial charge in [-0.25, -0.2) is 0 Å². The van der Waals surface area contributed by atoms with E-state index < -0.39 is 24.7 Å². The van der Waals surface area contributed by atoms with Crippen LogP contribution in [0.3, 0.4) is 0 Å². The summed E-state index contributed by atoms with van der Waals surface area (Å²) >= 11 is 1.28. The molecule has 21 heavy (non-hydrogen) atoms. The third-order valence-corrected chi connectivity index (χ3v) is 4.51. The van der Waals surface area contributed by atoms with E-state index in [1.807, 2.05) is 31.2 Å². The first kappa shape index (κ1) is 16.2.